The summed E-state index contributed by atoms with van der Waals surface area (Å²) in [4.78, 5) is 24.7. The zero-order valence-corrected chi connectivity index (χ0v) is 8.49. The number of carbonyl (C=O) groups is 2. The molecular weight excluding hydrogens is 182 g/mol. The van der Waals surface area contributed by atoms with Gasteiger partial charge in [-0.15, -0.1) is 0 Å². The lowest BCUT2D eigenvalue weighted by atomic mass is 9.97. The number of aliphatic hydroxyl groups is 1. The van der Waals surface area contributed by atoms with E-state index >= 15 is 0 Å². The molecule has 1 heterocycles. The molecule has 2 fully saturated rings. The third kappa shape index (κ3) is 1.03. The summed E-state index contributed by atoms with van der Waals surface area (Å²) in [6, 6.07) is 0. The molecule has 1 saturated heterocycles. The van der Waals surface area contributed by atoms with Crippen LogP contribution < -0.4 is 0 Å². The second-order valence-corrected chi connectivity index (χ2v) is 4.47. The molecule has 0 spiro atoms. The van der Waals surface area contributed by atoms with Crippen LogP contribution in [0.5, 0.6) is 0 Å². The van der Waals surface area contributed by atoms with Crippen molar-refractivity contribution in [3.05, 3.63) is 0 Å². The molecule has 1 aliphatic heterocycles. The maximum absolute atomic E-state index is 11.7. The number of amides is 2. The SMILES string of the molecule is CCC(C)(CO)N1C(=O)C2CC2C1=O. The lowest BCUT2D eigenvalue weighted by Crippen LogP contribution is -2.53. The summed E-state index contributed by atoms with van der Waals surface area (Å²) in [7, 11) is 0. The Morgan fingerprint density at radius 3 is 2.29 bits per heavy atom. The number of nitrogens with zero attached hydrogens (tertiary/aromatic N) is 1. The van der Waals surface area contributed by atoms with E-state index < -0.39 is 5.54 Å². The smallest absolute Gasteiger partial charge is 0.233 e. The van der Waals surface area contributed by atoms with E-state index in [1.54, 1.807) is 6.92 Å². The number of carbonyl (C=O) groups excluding carboxylic acids is 2. The highest BCUT2D eigenvalue weighted by Gasteiger charge is 2.62. The summed E-state index contributed by atoms with van der Waals surface area (Å²) >= 11 is 0. The normalized spacial score (nSPS) is 34.4. The molecule has 14 heavy (non-hydrogen) atoms. The van der Waals surface area contributed by atoms with Crippen LogP contribution in [0.15, 0.2) is 0 Å². The highest BCUT2D eigenvalue weighted by atomic mass is 16.3. The second kappa shape index (κ2) is 2.79. The van der Waals surface area contributed by atoms with Crippen molar-refractivity contribution in [2.45, 2.75) is 32.2 Å². The van der Waals surface area contributed by atoms with Crippen LogP contribution >= 0.6 is 0 Å². The van der Waals surface area contributed by atoms with E-state index in [1.165, 1.54) is 4.90 Å². The van der Waals surface area contributed by atoms with E-state index in [0.29, 0.717) is 6.42 Å². The molecule has 0 aromatic rings. The fourth-order valence-corrected chi connectivity index (χ4v) is 2.05. The van der Waals surface area contributed by atoms with Crippen molar-refractivity contribution in [3.63, 3.8) is 0 Å². The Bertz CT molecular complexity index is 276. The topological polar surface area (TPSA) is 57.6 Å². The van der Waals surface area contributed by atoms with Crippen LogP contribution in [0.2, 0.25) is 0 Å². The molecule has 0 bridgehead atoms. The van der Waals surface area contributed by atoms with E-state index in [2.05, 4.69) is 0 Å². The molecule has 3 unspecified atom stereocenters. The van der Waals surface area contributed by atoms with Crippen molar-refractivity contribution in [1.29, 1.82) is 0 Å². The number of hydrogen-bond acceptors (Lipinski definition) is 3. The van der Waals surface area contributed by atoms with Gasteiger partial charge in [0.2, 0.25) is 11.8 Å². The van der Waals surface area contributed by atoms with Crippen molar-refractivity contribution < 1.29 is 14.7 Å². The summed E-state index contributed by atoms with van der Waals surface area (Å²) in [5.41, 5.74) is -0.693. The first-order chi connectivity index (χ1) is 6.55. The Balaban J connectivity index is 2.26. The van der Waals surface area contributed by atoms with Gasteiger partial charge in [0.15, 0.2) is 0 Å². The van der Waals surface area contributed by atoms with Crippen LogP contribution in [0.4, 0.5) is 0 Å². The van der Waals surface area contributed by atoms with Crippen molar-refractivity contribution in [2.24, 2.45) is 11.8 Å². The Morgan fingerprint density at radius 2 is 1.93 bits per heavy atom. The maximum Gasteiger partial charge on any atom is 0.233 e. The van der Waals surface area contributed by atoms with Crippen LogP contribution in [-0.2, 0) is 9.59 Å². The van der Waals surface area contributed by atoms with E-state index in [0.717, 1.165) is 6.42 Å². The first-order valence-electron chi connectivity index (χ1n) is 5.04. The van der Waals surface area contributed by atoms with Gasteiger partial charge in [0.05, 0.1) is 24.0 Å². The van der Waals surface area contributed by atoms with Gasteiger partial charge < -0.3 is 5.11 Å². The molecule has 0 aromatic carbocycles. The predicted octanol–water partition coefficient (Wildman–Crippen LogP) is 0.152. The van der Waals surface area contributed by atoms with Crippen molar-refractivity contribution >= 4 is 11.8 Å². The molecule has 2 amide bonds. The lowest BCUT2D eigenvalue weighted by Gasteiger charge is -2.35. The summed E-state index contributed by atoms with van der Waals surface area (Å²) in [5.74, 6) is -0.309. The molecule has 4 nitrogen and oxygen atoms in total. The minimum atomic E-state index is -0.693. The maximum atomic E-state index is 11.7. The Hall–Kier alpha value is -0.900. The van der Waals surface area contributed by atoms with Crippen molar-refractivity contribution in [3.8, 4) is 0 Å². The molecular formula is C10H15NO3. The monoisotopic (exact) mass is 197 g/mol. The molecule has 1 N–H and O–H groups in total. The van der Waals surface area contributed by atoms with Gasteiger partial charge >= 0.3 is 0 Å². The van der Waals surface area contributed by atoms with Crippen molar-refractivity contribution in [2.75, 3.05) is 6.61 Å². The standard InChI is InChI=1S/C10H15NO3/c1-3-10(2,5-12)11-8(13)6-4-7(6)9(11)14/h6-7,12H,3-5H2,1-2H3. The van der Waals surface area contributed by atoms with Crippen molar-refractivity contribution in [1.82, 2.24) is 4.90 Å². The van der Waals surface area contributed by atoms with Crippen LogP contribution in [0.3, 0.4) is 0 Å². The number of likely N-dealkylation sites (tertiary alicyclic amines) is 1. The van der Waals surface area contributed by atoms with Gasteiger partial charge in [0, 0.05) is 0 Å². The molecule has 0 aromatic heterocycles. The molecule has 2 rings (SSSR count). The number of fused-ring (bicyclic) bond motifs is 1. The van der Waals surface area contributed by atoms with Gasteiger partial charge in [-0.2, -0.15) is 0 Å². The Kier molecular flexibility index (Phi) is 1.93. The molecule has 78 valence electrons. The zero-order valence-electron chi connectivity index (χ0n) is 8.49. The molecule has 3 atom stereocenters. The van der Waals surface area contributed by atoms with E-state index in [-0.39, 0.29) is 30.3 Å². The van der Waals surface area contributed by atoms with Gasteiger partial charge in [0.1, 0.15) is 0 Å². The average molecular weight is 197 g/mol. The highest BCUT2D eigenvalue weighted by Crippen LogP contribution is 2.49. The van der Waals surface area contributed by atoms with Crippen LogP contribution in [0, 0.1) is 11.8 Å². The summed E-state index contributed by atoms with van der Waals surface area (Å²) < 4.78 is 0. The first-order valence-corrected chi connectivity index (χ1v) is 5.04. The Morgan fingerprint density at radius 1 is 1.43 bits per heavy atom. The molecule has 0 radical (unpaired) electrons. The number of hydrogen-bond donors (Lipinski definition) is 1. The Labute approximate surface area is 82.9 Å². The second-order valence-electron chi connectivity index (χ2n) is 4.47. The molecule has 1 aliphatic carbocycles. The summed E-state index contributed by atoms with van der Waals surface area (Å²) in [6.45, 7) is 3.48. The highest BCUT2D eigenvalue weighted by molar-refractivity contribution is 6.09. The summed E-state index contributed by atoms with van der Waals surface area (Å²) in [6.07, 6.45) is 1.32. The van der Waals surface area contributed by atoms with E-state index in [1.807, 2.05) is 6.92 Å². The van der Waals surface area contributed by atoms with Gasteiger partial charge in [0.25, 0.3) is 0 Å². The summed E-state index contributed by atoms with van der Waals surface area (Å²) in [5, 5.41) is 9.24. The molecule has 4 heteroatoms. The van der Waals surface area contributed by atoms with E-state index in [4.69, 9.17) is 0 Å². The number of aliphatic hydroxyl groups excluding tert-OH is 1. The predicted molar refractivity (Wildman–Crippen MR) is 49.2 cm³/mol. The average Bonchev–Trinajstić information content (AvgIpc) is 2.92. The molecule has 1 saturated carbocycles. The van der Waals surface area contributed by atoms with Crippen LogP contribution in [0.1, 0.15) is 26.7 Å². The first kappa shape index (κ1) is 9.65. The number of piperidine rings is 1. The lowest BCUT2D eigenvalue weighted by molar-refractivity contribution is -0.150. The van der Waals surface area contributed by atoms with Crippen LogP contribution in [0.25, 0.3) is 0 Å². The number of imide groups is 1. The van der Waals surface area contributed by atoms with Crippen LogP contribution in [-0.4, -0.2) is 34.0 Å². The number of rotatable bonds is 3. The third-order valence-electron chi connectivity index (χ3n) is 3.51. The van der Waals surface area contributed by atoms with Gasteiger partial charge in [-0.05, 0) is 19.8 Å². The largest absolute Gasteiger partial charge is 0.394 e. The minimum absolute atomic E-state index is 0.0695. The van der Waals surface area contributed by atoms with Gasteiger partial charge in [-0.25, -0.2) is 0 Å². The fraction of sp³-hybridized carbons (Fsp3) is 0.800. The molecule has 2 aliphatic rings. The zero-order chi connectivity index (χ0) is 10.5. The van der Waals surface area contributed by atoms with E-state index in [9.17, 15) is 14.7 Å². The van der Waals surface area contributed by atoms with Gasteiger partial charge in [-0.1, -0.05) is 6.92 Å². The van der Waals surface area contributed by atoms with Gasteiger partial charge in [-0.3, -0.25) is 14.5 Å². The quantitative estimate of drug-likeness (QED) is 0.655. The fourth-order valence-electron chi connectivity index (χ4n) is 2.05. The minimum Gasteiger partial charge on any atom is -0.394 e. The third-order valence-corrected chi connectivity index (χ3v) is 3.51.